The van der Waals surface area contributed by atoms with Crippen LogP contribution in [0.15, 0.2) is 30.3 Å². The second-order valence-corrected chi connectivity index (χ2v) is 4.80. The van der Waals surface area contributed by atoms with Crippen LogP contribution in [-0.4, -0.2) is 41.0 Å². The molecule has 0 aromatic heterocycles. The summed E-state index contributed by atoms with van der Waals surface area (Å²) in [5.74, 6) is -2.12. The van der Waals surface area contributed by atoms with Crippen molar-refractivity contribution in [3.63, 3.8) is 0 Å². The highest BCUT2D eigenvalue weighted by atomic mass is 16.5. The summed E-state index contributed by atoms with van der Waals surface area (Å²) >= 11 is 0. The number of carbonyl (C=O) groups excluding carboxylic acids is 2. The van der Waals surface area contributed by atoms with Crippen molar-refractivity contribution in [2.45, 2.75) is 32.7 Å². The predicted molar refractivity (Wildman–Crippen MR) is 80.1 cm³/mol. The number of nitrogens with zero attached hydrogens (tertiary/aromatic N) is 1. The number of hydrogen-bond donors (Lipinski definition) is 1. The zero-order valence-electron chi connectivity index (χ0n) is 12.8. The average Bonchev–Trinajstić information content (AvgIpc) is 2.47. The topological polar surface area (TPSA) is 83.9 Å². The predicted octanol–water partition coefficient (Wildman–Crippen LogP) is 2.00. The molecule has 120 valence electrons. The molecule has 0 saturated carbocycles. The molecule has 1 aromatic rings. The first kappa shape index (κ1) is 17.7. The molecule has 1 aromatic carbocycles. The molecule has 1 rings (SSSR count). The number of rotatable bonds is 8. The molecule has 1 atom stereocenters. The van der Waals surface area contributed by atoms with Gasteiger partial charge >= 0.3 is 11.9 Å². The van der Waals surface area contributed by atoms with Gasteiger partial charge in [0.2, 0.25) is 5.91 Å². The summed E-state index contributed by atoms with van der Waals surface area (Å²) in [6.45, 7) is 3.91. The number of carboxylic acids is 1. The molecule has 0 unspecified atom stereocenters. The molecule has 0 saturated heterocycles. The van der Waals surface area contributed by atoms with Gasteiger partial charge in [0, 0.05) is 6.54 Å². The minimum atomic E-state index is -1.19. The van der Waals surface area contributed by atoms with Gasteiger partial charge in [0.1, 0.15) is 6.42 Å². The SMILES string of the molecule is CCOC(=O)CCN(C(=O)CC(=O)O)[C@@H](C)c1ccccc1. The van der Waals surface area contributed by atoms with Crippen LogP contribution >= 0.6 is 0 Å². The summed E-state index contributed by atoms with van der Waals surface area (Å²) in [7, 11) is 0. The normalized spacial score (nSPS) is 11.5. The average molecular weight is 307 g/mol. The molecule has 0 heterocycles. The molecule has 0 bridgehead atoms. The van der Waals surface area contributed by atoms with E-state index < -0.39 is 24.3 Å². The maximum Gasteiger partial charge on any atom is 0.312 e. The van der Waals surface area contributed by atoms with Crippen molar-refractivity contribution in [1.82, 2.24) is 4.90 Å². The number of carbonyl (C=O) groups is 3. The van der Waals surface area contributed by atoms with Crippen molar-refractivity contribution in [3.8, 4) is 0 Å². The Labute approximate surface area is 129 Å². The number of ether oxygens (including phenoxy) is 1. The second-order valence-electron chi connectivity index (χ2n) is 4.80. The summed E-state index contributed by atoms with van der Waals surface area (Å²) < 4.78 is 4.85. The minimum Gasteiger partial charge on any atom is -0.481 e. The van der Waals surface area contributed by atoms with E-state index >= 15 is 0 Å². The first-order chi connectivity index (χ1) is 10.5. The van der Waals surface area contributed by atoms with E-state index in [1.54, 1.807) is 13.8 Å². The van der Waals surface area contributed by atoms with Gasteiger partial charge < -0.3 is 14.7 Å². The fourth-order valence-corrected chi connectivity index (χ4v) is 2.12. The van der Waals surface area contributed by atoms with Gasteiger partial charge in [0.25, 0.3) is 0 Å². The Kier molecular flexibility index (Phi) is 7.08. The third kappa shape index (κ3) is 5.55. The molecular weight excluding hydrogens is 286 g/mol. The van der Waals surface area contributed by atoms with Gasteiger partial charge in [-0.15, -0.1) is 0 Å². The summed E-state index contributed by atoms with van der Waals surface area (Å²) in [4.78, 5) is 35.8. The van der Waals surface area contributed by atoms with Crippen molar-refractivity contribution in [1.29, 1.82) is 0 Å². The van der Waals surface area contributed by atoms with Crippen molar-refractivity contribution in [2.75, 3.05) is 13.2 Å². The third-order valence-corrected chi connectivity index (χ3v) is 3.23. The van der Waals surface area contributed by atoms with Crippen LogP contribution in [0.2, 0.25) is 0 Å². The summed E-state index contributed by atoms with van der Waals surface area (Å²) in [5.41, 5.74) is 0.880. The van der Waals surface area contributed by atoms with Gasteiger partial charge in [0.15, 0.2) is 0 Å². The van der Waals surface area contributed by atoms with Crippen LogP contribution in [0.1, 0.15) is 38.3 Å². The molecule has 22 heavy (non-hydrogen) atoms. The van der Waals surface area contributed by atoms with Gasteiger partial charge in [-0.1, -0.05) is 30.3 Å². The number of esters is 1. The van der Waals surface area contributed by atoms with E-state index in [4.69, 9.17) is 9.84 Å². The molecule has 6 heteroatoms. The largest absolute Gasteiger partial charge is 0.481 e. The van der Waals surface area contributed by atoms with Crippen LogP contribution in [0.25, 0.3) is 0 Å². The van der Waals surface area contributed by atoms with Crippen molar-refractivity contribution in [3.05, 3.63) is 35.9 Å². The molecule has 1 N–H and O–H groups in total. The molecular formula is C16H21NO5. The fourth-order valence-electron chi connectivity index (χ4n) is 2.12. The maximum absolute atomic E-state index is 12.1. The van der Waals surface area contributed by atoms with Gasteiger partial charge in [0.05, 0.1) is 19.1 Å². The summed E-state index contributed by atoms with van der Waals surface area (Å²) in [5, 5.41) is 8.81. The van der Waals surface area contributed by atoms with E-state index in [-0.39, 0.29) is 25.6 Å². The van der Waals surface area contributed by atoms with Crippen LogP contribution in [0, 0.1) is 0 Å². The van der Waals surface area contributed by atoms with Crippen molar-refractivity contribution in [2.24, 2.45) is 0 Å². The van der Waals surface area contributed by atoms with Gasteiger partial charge in [-0.2, -0.15) is 0 Å². The lowest BCUT2D eigenvalue weighted by molar-refractivity contribution is -0.146. The fraction of sp³-hybridized carbons (Fsp3) is 0.438. The molecule has 0 aliphatic carbocycles. The molecule has 0 aliphatic rings. The molecule has 0 radical (unpaired) electrons. The Hall–Kier alpha value is -2.37. The molecule has 1 amide bonds. The Balaban J connectivity index is 2.83. The highest BCUT2D eigenvalue weighted by Gasteiger charge is 2.24. The first-order valence-corrected chi connectivity index (χ1v) is 7.17. The smallest absolute Gasteiger partial charge is 0.312 e. The number of aliphatic carboxylic acids is 1. The van der Waals surface area contributed by atoms with Crippen LogP contribution in [0.4, 0.5) is 0 Å². The van der Waals surface area contributed by atoms with E-state index in [9.17, 15) is 14.4 Å². The van der Waals surface area contributed by atoms with Crippen LogP contribution in [-0.2, 0) is 19.1 Å². The van der Waals surface area contributed by atoms with Gasteiger partial charge in [-0.3, -0.25) is 14.4 Å². The summed E-state index contributed by atoms with van der Waals surface area (Å²) in [6.07, 6.45) is -0.559. The molecule has 0 spiro atoms. The summed E-state index contributed by atoms with van der Waals surface area (Å²) in [6, 6.07) is 8.95. The zero-order valence-corrected chi connectivity index (χ0v) is 12.8. The number of amides is 1. The highest BCUT2D eigenvalue weighted by Crippen LogP contribution is 2.21. The number of carboxylic acid groups (broad SMARTS) is 1. The van der Waals surface area contributed by atoms with Crippen molar-refractivity contribution < 1.29 is 24.2 Å². The van der Waals surface area contributed by atoms with Gasteiger partial charge in [-0.25, -0.2) is 0 Å². The van der Waals surface area contributed by atoms with E-state index in [2.05, 4.69) is 0 Å². The minimum absolute atomic E-state index is 0.0381. The Bertz CT molecular complexity index is 515. The maximum atomic E-state index is 12.1. The van der Waals surface area contributed by atoms with Crippen LogP contribution in [0.5, 0.6) is 0 Å². The quantitative estimate of drug-likeness (QED) is 0.586. The number of hydrogen-bond acceptors (Lipinski definition) is 4. The zero-order chi connectivity index (χ0) is 16.5. The molecule has 0 fully saturated rings. The molecule has 6 nitrogen and oxygen atoms in total. The Morgan fingerprint density at radius 2 is 1.86 bits per heavy atom. The Morgan fingerprint density at radius 1 is 1.23 bits per heavy atom. The lowest BCUT2D eigenvalue weighted by Crippen LogP contribution is -2.36. The lowest BCUT2D eigenvalue weighted by Gasteiger charge is -2.29. The highest BCUT2D eigenvalue weighted by molar-refractivity contribution is 5.93. The van der Waals surface area contributed by atoms with E-state index in [0.717, 1.165) is 5.56 Å². The molecule has 0 aliphatic heterocycles. The van der Waals surface area contributed by atoms with Crippen LogP contribution in [0.3, 0.4) is 0 Å². The van der Waals surface area contributed by atoms with Crippen molar-refractivity contribution >= 4 is 17.8 Å². The number of benzene rings is 1. The van der Waals surface area contributed by atoms with E-state index in [0.29, 0.717) is 0 Å². The monoisotopic (exact) mass is 307 g/mol. The van der Waals surface area contributed by atoms with Gasteiger partial charge in [-0.05, 0) is 19.4 Å². The van der Waals surface area contributed by atoms with E-state index in [1.165, 1.54) is 4.90 Å². The Morgan fingerprint density at radius 3 is 2.41 bits per heavy atom. The first-order valence-electron chi connectivity index (χ1n) is 7.17. The lowest BCUT2D eigenvalue weighted by atomic mass is 10.1. The standard InChI is InChI=1S/C16H21NO5/c1-3-22-16(21)9-10-17(14(18)11-15(19)20)12(2)13-7-5-4-6-8-13/h4-8,12H,3,9-11H2,1-2H3,(H,19,20)/t12-/m0/s1. The second kappa shape index (κ2) is 8.81. The third-order valence-electron chi connectivity index (χ3n) is 3.23. The van der Waals surface area contributed by atoms with E-state index in [1.807, 2.05) is 30.3 Å². The van der Waals surface area contributed by atoms with Crippen LogP contribution < -0.4 is 0 Å².